The number of carbonyl (C=O) groups excluding carboxylic acids is 3. The van der Waals surface area contributed by atoms with Crippen molar-refractivity contribution in [3.05, 3.63) is 106 Å². The van der Waals surface area contributed by atoms with Gasteiger partial charge < -0.3 is 4.90 Å². The van der Waals surface area contributed by atoms with Gasteiger partial charge in [-0.15, -0.1) is 0 Å². The topological polar surface area (TPSA) is 54.5 Å². The number of Topliss-reactive ketones (excluding diaryl/α,β-unsaturated/α-hetero) is 3. The number of nitrogens with zero attached hydrogens (tertiary/aromatic N) is 1. The van der Waals surface area contributed by atoms with Crippen LogP contribution in [0.2, 0.25) is 0 Å². The summed E-state index contributed by atoms with van der Waals surface area (Å²) < 4.78 is 0.896. The predicted octanol–water partition coefficient (Wildman–Crippen LogP) is 5.47. The van der Waals surface area contributed by atoms with Gasteiger partial charge >= 0.3 is 0 Å². The van der Waals surface area contributed by atoms with Crippen molar-refractivity contribution in [3.8, 4) is 0 Å². The summed E-state index contributed by atoms with van der Waals surface area (Å²) in [7, 11) is 0. The van der Waals surface area contributed by atoms with Crippen molar-refractivity contribution in [2.75, 3.05) is 4.90 Å². The SMILES string of the molecule is CC(=O)[C@@H]1[C@H](c2ccc(Br)cc2)C2(C(=O)c3ccccc3C2=O)[C@H]2C=Cc3ccccc3N12. The summed E-state index contributed by atoms with van der Waals surface area (Å²) in [5.41, 5.74) is 2.15. The van der Waals surface area contributed by atoms with Gasteiger partial charge in [-0.3, -0.25) is 14.4 Å². The zero-order chi connectivity index (χ0) is 22.9. The van der Waals surface area contributed by atoms with E-state index in [1.54, 1.807) is 31.2 Å². The van der Waals surface area contributed by atoms with E-state index in [1.807, 2.05) is 65.6 Å². The molecule has 0 saturated carbocycles. The largest absolute Gasteiger partial charge is 0.352 e. The first-order valence-corrected chi connectivity index (χ1v) is 11.8. The summed E-state index contributed by atoms with van der Waals surface area (Å²) in [5, 5.41) is 0. The molecule has 0 N–H and O–H groups in total. The lowest BCUT2D eigenvalue weighted by Crippen LogP contribution is -2.48. The molecule has 3 aromatic carbocycles. The molecule has 0 unspecified atom stereocenters. The van der Waals surface area contributed by atoms with Crippen molar-refractivity contribution in [1.82, 2.24) is 0 Å². The Bertz CT molecular complexity index is 1340. The molecule has 5 heteroatoms. The molecule has 2 heterocycles. The highest BCUT2D eigenvalue weighted by molar-refractivity contribution is 9.10. The number of hydrogen-bond acceptors (Lipinski definition) is 4. The number of para-hydroxylation sites is 1. The molecule has 4 nitrogen and oxygen atoms in total. The van der Waals surface area contributed by atoms with Gasteiger partial charge in [0.15, 0.2) is 17.3 Å². The van der Waals surface area contributed by atoms with E-state index in [-0.39, 0.29) is 17.3 Å². The number of anilines is 1. The lowest BCUT2D eigenvalue weighted by atomic mass is 9.64. The van der Waals surface area contributed by atoms with Crippen LogP contribution in [0.15, 0.2) is 83.3 Å². The van der Waals surface area contributed by atoms with E-state index in [2.05, 4.69) is 15.9 Å². The Labute approximate surface area is 200 Å². The van der Waals surface area contributed by atoms with Gasteiger partial charge in [0.05, 0.1) is 12.1 Å². The van der Waals surface area contributed by atoms with Crippen LogP contribution in [0.5, 0.6) is 0 Å². The molecular formula is C28H20BrNO3. The number of rotatable bonds is 2. The van der Waals surface area contributed by atoms with Gasteiger partial charge in [0, 0.05) is 27.2 Å². The van der Waals surface area contributed by atoms with Crippen molar-refractivity contribution in [2.24, 2.45) is 5.41 Å². The molecule has 162 valence electrons. The number of ketones is 3. The molecule has 3 aromatic rings. The molecule has 0 amide bonds. The zero-order valence-electron chi connectivity index (χ0n) is 17.9. The van der Waals surface area contributed by atoms with Crippen LogP contribution >= 0.6 is 15.9 Å². The Morgan fingerprint density at radius 1 is 0.879 bits per heavy atom. The van der Waals surface area contributed by atoms with Crippen molar-refractivity contribution in [1.29, 1.82) is 0 Å². The molecule has 33 heavy (non-hydrogen) atoms. The fourth-order valence-corrected chi connectivity index (χ4v) is 6.38. The summed E-state index contributed by atoms with van der Waals surface area (Å²) in [5.74, 6) is -1.07. The second kappa shape index (κ2) is 7.09. The number of benzene rings is 3. The molecule has 3 atom stereocenters. The lowest BCUT2D eigenvalue weighted by molar-refractivity contribution is -0.118. The van der Waals surface area contributed by atoms with Crippen LogP contribution in [0.3, 0.4) is 0 Å². The number of fused-ring (bicyclic) bond motifs is 5. The van der Waals surface area contributed by atoms with E-state index in [4.69, 9.17) is 0 Å². The van der Waals surface area contributed by atoms with Crippen LogP contribution in [-0.2, 0) is 4.79 Å². The second-order valence-electron chi connectivity index (χ2n) is 8.93. The average molecular weight is 498 g/mol. The Balaban J connectivity index is 1.68. The van der Waals surface area contributed by atoms with E-state index < -0.39 is 23.4 Å². The summed E-state index contributed by atoms with van der Waals surface area (Å²) in [6.07, 6.45) is 3.92. The lowest BCUT2D eigenvalue weighted by Gasteiger charge is -2.37. The van der Waals surface area contributed by atoms with Gasteiger partial charge in [0.2, 0.25) is 0 Å². The fraction of sp³-hybridized carbons (Fsp3) is 0.179. The number of carbonyl (C=O) groups is 3. The average Bonchev–Trinajstić information content (AvgIpc) is 3.27. The summed E-state index contributed by atoms with van der Waals surface area (Å²) in [6.45, 7) is 1.56. The highest BCUT2D eigenvalue weighted by Gasteiger charge is 2.71. The minimum absolute atomic E-state index is 0.0635. The molecule has 3 aliphatic rings. The normalized spacial score (nSPS) is 24.1. The standard InChI is InChI=1S/C28H20BrNO3/c1-16(31)25-24(18-10-13-19(29)14-11-18)28(26(32)20-7-3-4-8-21(20)27(28)33)23-15-12-17-6-2-5-9-22(17)30(23)25/h2-15,23-25H,1H3/t23-,24+,25-/m1/s1. The van der Waals surface area contributed by atoms with Crippen molar-refractivity contribution in [3.63, 3.8) is 0 Å². The minimum atomic E-state index is -1.40. The Morgan fingerprint density at radius 2 is 1.48 bits per heavy atom. The third kappa shape index (κ3) is 2.54. The minimum Gasteiger partial charge on any atom is -0.352 e. The maximum Gasteiger partial charge on any atom is 0.180 e. The van der Waals surface area contributed by atoms with E-state index in [0.717, 1.165) is 21.3 Å². The molecule has 0 radical (unpaired) electrons. The van der Waals surface area contributed by atoms with Gasteiger partial charge in [-0.2, -0.15) is 0 Å². The molecule has 0 bridgehead atoms. The van der Waals surface area contributed by atoms with Gasteiger partial charge in [0.1, 0.15) is 5.41 Å². The van der Waals surface area contributed by atoms with E-state index in [9.17, 15) is 14.4 Å². The Morgan fingerprint density at radius 3 is 2.12 bits per heavy atom. The highest BCUT2D eigenvalue weighted by atomic mass is 79.9. The van der Waals surface area contributed by atoms with E-state index in [0.29, 0.717) is 11.1 Å². The van der Waals surface area contributed by atoms with Gasteiger partial charge in [-0.05, 0) is 36.2 Å². The van der Waals surface area contributed by atoms with Crippen LogP contribution in [0.4, 0.5) is 5.69 Å². The zero-order valence-corrected chi connectivity index (χ0v) is 19.5. The quantitative estimate of drug-likeness (QED) is 0.440. The molecule has 2 aliphatic heterocycles. The molecular weight excluding hydrogens is 478 g/mol. The highest BCUT2D eigenvalue weighted by Crippen LogP contribution is 2.60. The maximum atomic E-state index is 14.2. The van der Waals surface area contributed by atoms with E-state index in [1.165, 1.54) is 0 Å². The number of hydrogen-bond donors (Lipinski definition) is 0. The van der Waals surface area contributed by atoms with Gasteiger partial charge in [0.25, 0.3) is 0 Å². The van der Waals surface area contributed by atoms with Crippen LogP contribution in [0.25, 0.3) is 6.08 Å². The van der Waals surface area contributed by atoms with Crippen molar-refractivity contribution < 1.29 is 14.4 Å². The van der Waals surface area contributed by atoms with Crippen LogP contribution in [0.1, 0.15) is 44.7 Å². The smallest absolute Gasteiger partial charge is 0.180 e. The summed E-state index contributed by atoms with van der Waals surface area (Å²) in [6, 6.07) is 21.3. The fourth-order valence-electron chi connectivity index (χ4n) is 6.11. The molecule has 1 fully saturated rings. The van der Waals surface area contributed by atoms with E-state index >= 15 is 0 Å². The third-order valence-electron chi connectivity index (χ3n) is 7.36. The summed E-state index contributed by atoms with van der Waals surface area (Å²) >= 11 is 3.48. The number of halogens is 1. The van der Waals surface area contributed by atoms with Gasteiger partial charge in [-0.1, -0.05) is 82.7 Å². The van der Waals surface area contributed by atoms with Crippen LogP contribution in [-0.4, -0.2) is 29.4 Å². The second-order valence-corrected chi connectivity index (χ2v) is 9.84. The first-order chi connectivity index (χ1) is 16.0. The molecule has 1 saturated heterocycles. The molecule has 6 rings (SSSR count). The first-order valence-electron chi connectivity index (χ1n) is 11.0. The molecule has 1 spiro atoms. The predicted molar refractivity (Wildman–Crippen MR) is 131 cm³/mol. The molecule has 0 aromatic heterocycles. The van der Waals surface area contributed by atoms with Crippen LogP contribution < -0.4 is 4.90 Å². The van der Waals surface area contributed by atoms with Crippen molar-refractivity contribution in [2.45, 2.75) is 24.9 Å². The van der Waals surface area contributed by atoms with Crippen LogP contribution in [0, 0.1) is 5.41 Å². The Hall–Kier alpha value is -3.31. The Kier molecular flexibility index (Phi) is 4.36. The van der Waals surface area contributed by atoms with Gasteiger partial charge in [-0.25, -0.2) is 0 Å². The third-order valence-corrected chi connectivity index (χ3v) is 7.89. The monoisotopic (exact) mass is 497 g/mol. The summed E-state index contributed by atoms with van der Waals surface area (Å²) in [4.78, 5) is 43.7. The first kappa shape index (κ1) is 20.3. The molecule has 1 aliphatic carbocycles. The van der Waals surface area contributed by atoms with Crippen molar-refractivity contribution >= 4 is 45.0 Å². The maximum absolute atomic E-state index is 14.2.